The lowest BCUT2D eigenvalue weighted by molar-refractivity contribution is -0.109. The van der Waals surface area contributed by atoms with Gasteiger partial charge in [0.15, 0.2) is 0 Å². The lowest BCUT2D eigenvalue weighted by atomic mass is 10.0. The number of ether oxygens (including phenoxy) is 1. The highest BCUT2D eigenvalue weighted by Gasteiger charge is 2.26. The molecule has 1 N–H and O–H groups in total. The van der Waals surface area contributed by atoms with Crippen LogP contribution in [0.2, 0.25) is 5.02 Å². The first kappa shape index (κ1) is 22.5. The average Bonchev–Trinajstić information content (AvgIpc) is 3.11. The Morgan fingerprint density at radius 1 is 1.12 bits per heavy atom. The Bertz CT molecular complexity index is 1350. The van der Waals surface area contributed by atoms with Crippen molar-refractivity contribution in [1.82, 2.24) is 9.88 Å². The van der Waals surface area contributed by atoms with Crippen LogP contribution in [0, 0.1) is 11.6 Å². The quantitative estimate of drug-likeness (QED) is 0.298. The van der Waals surface area contributed by atoms with Gasteiger partial charge in [-0.2, -0.15) is 0 Å². The van der Waals surface area contributed by atoms with E-state index in [1.54, 1.807) is 12.1 Å². The Balaban J connectivity index is 2.07. The molecule has 0 spiro atoms. The standard InChI is InChI=1S/C25H19ClF2N2O3/c1-33-23-12-19-17(9-10-29-14-31)24(15-5-3-2-4-6-15)30(22(19)13-20(23)26)25(32)18-8-7-16(27)11-21(18)28/h2-8,11-14H,9-10H2,1H3,(H,29,31). The third-order valence-electron chi connectivity index (χ3n) is 5.36. The van der Waals surface area contributed by atoms with Crippen molar-refractivity contribution in [2.45, 2.75) is 6.42 Å². The fourth-order valence-corrected chi connectivity index (χ4v) is 4.15. The van der Waals surface area contributed by atoms with Crippen LogP contribution in [0.3, 0.4) is 0 Å². The Morgan fingerprint density at radius 3 is 2.55 bits per heavy atom. The second kappa shape index (κ2) is 9.42. The predicted octanol–water partition coefficient (Wildman–Crippen LogP) is 5.23. The van der Waals surface area contributed by atoms with Gasteiger partial charge in [0.1, 0.15) is 17.4 Å². The largest absolute Gasteiger partial charge is 0.495 e. The molecule has 0 saturated carbocycles. The number of carbonyl (C=O) groups is 2. The molecule has 0 unspecified atom stereocenters. The summed E-state index contributed by atoms with van der Waals surface area (Å²) in [6, 6.07) is 15.3. The normalized spacial score (nSPS) is 10.9. The minimum atomic E-state index is -0.968. The summed E-state index contributed by atoms with van der Waals surface area (Å²) < 4.78 is 34.8. The van der Waals surface area contributed by atoms with Gasteiger partial charge in [0.25, 0.3) is 5.91 Å². The van der Waals surface area contributed by atoms with E-state index in [0.29, 0.717) is 53.4 Å². The molecule has 4 aromatic rings. The zero-order valence-electron chi connectivity index (χ0n) is 17.6. The zero-order chi connectivity index (χ0) is 23.5. The van der Waals surface area contributed by atoms with Gasteiger partial charge in [-0.05, 0) is 41.8 Å². The highest BCUT2D eigenvalue weighted by Crippen LogP contribution is 2.39. The molecule has 168 valence electrons. The molecule has 0 aliphatic rings. The first-order valence-electron chi connectivity index (χ1n) is 10.1. The highest BCUT2D eigenvalue weighted by molar-refractivity contribution is 6.33. The lowest BCUT2D eigenvalue weighted by Gasteiger charge is -2.12. The number of benzene rings is 3. The monoisotopic (exact) mass is 468 g/mol. The van der Waals surface area contributed by atoms with Gasteiger partial charge in [-0.15, -0.1) is 0 Å². The van der Waals surface area contributed by atoms with Crippen molar-refractivity contribution in [3.8, 4) is 17.0 Å². The lowest BCUT2D eigenvalue weighted by Crippen LogP contribution is -2.17. The number of aromatic nitrogens is 1. The predicted molar refractivity (Wildman–Crippen MR) is 123 cm³/mol. The SMILES string of the molecule is COc1cc2c(CCNC=O)c(-c3ccccc3)n(C(=O)c3ccc(F)cc3F)c2cc1Cl. The third-order valence-corrected chi connectivity index (χ3v) is 5.66. The molecule has 0 bridgehead atoms. The maximum atomic E-state index is 14.6. The fraction of sp³-hybridized carbons (Fsp3) is 0.120. The van der Waals surface area contributed by atoms with E-state index in [-0.39, 0.29) is 10.6 Å². The van der Waals surface area contributed by atoms with Crippen molar-refractivity contribution in [2.75, 3.05) is 13.7 Å². The first-order chi connectivity index (χ1) is 16.0. The van der Waals surface area contributed by atoms with E-state index < -0.39 is 17.5 Å². The van der Waals surface area contributed by atoms with Gasteiger partial charge in [-0.25, -0.2) is 8.78 Å². The smallest absolute Gasteiger partial charge is 0.265 e. The number of hydrogen-bond acceptors (Lipinski definition) is 3. The van der Waals surface area contributed by atoms with Crippen LogP contribution in [-0.2, 0) is 11.2 Å². The molecule has 0 atom stereocenters. The number of halogens is 3. The highest BCUT2D eigenvalue weighted by atomic mass is 35.5. The topological polar surface area (TPSA) is 60.3 Å². The number of amides is 1. The molecule has 4 rings (SSSR count). The van der Waals surface area contributed by atoms with Crippen molar-refractivity contribution in [3.05, 3.63) is 88.4 Å². The average molecular weight is 469 g/mol. The molecule has 1 heterocycles. The second-order valence-electron chi connectivity index (χ2n) is 7.28. The maximum Gasteiger partial charge on any atom is 0.265 e. The number of methoxy groups -OCH3 is 1. The van der Waals surface area contributed by atoms with Crippen LogP contribution >= 0.6 is 11.6 Å². The van der Waals surface area contributed by atoms with Gasteiger partial charge >= 0.3 is 0 Å². The van der Waals surface area contributed by atoms with Crippen molar-refractivity contribution < 1.29 is 23.1 Å². The molecule has 3 aromatic carbocycles. The number of nitrogens with zero attached hydrogens (tertiary/aromatic N) is 1. The molecule has 8 heteroatoms. The van der Waals surface area contributed by atoms with E-state index in [1.807, 2.05) is 30.3 Å². The minimum absolute atomic E-state index is 0.272. The van der Waals surface area contributed by atoms with E-state index in [4.69, 9.17) is 16.3 Å². The number of hydrogen-bond donors (Lipinski definition) is 1. The van der Waals surface area contributed by atoms with Crippen LogP contribution in [0.4, 0.5) is 8.78 Å². The molecular formula is C25H19ClF2N2O3. The number of carbonyl (C=O) groups excluding carboxylic acids is 2. The van der Waals surface area contributed by atoms with Crippen molar-refractivity contribution >= 4 is 34.8 Å². The summed E-state index contributed by atoms with van der Waals surface area (Å²) >= 11 is 6.38. The summed E-state index contributed by atoms with van der Waals surface area (Å²) in [6.45, 7) is 0.312. The van der Waals surface area contributed by atoms with Gasteiger partial charge in [-0.1, -0.05) is 41.9 Å². The van der Waals surface area contributed by atoms with E-state index in [0.717, 1.165) is 17.7 Å². The van der Waals surface area contributed by atoms with Crippen molar-refractivity contribution in [3.63, 3.8) is 0 Å². The Morgan fingerprint density at radius 2 is 1.88 bits per heavy atom. The second-order valence-corrected chi connectivity index (χ2v) is 7.69. The maximum absolute atomic E-state index is 14.6. The number of rotatable bonds is 7. The molecule has 0 saturated heterocycles. The van der Waals surface area contributed by atoms with Crippen molar-refractivity contribution in [2.24, 2.45) is 0 Å². The molecular weight excluding hydrogens is 450 g/mol. The molecule has 0 aliphatic carbocycles. The van der Waals surface area contributed by atoms with Crippen molar-refractivity contribution in [1.29, 1.82) is 0 Å². The zero-order valence-corrected chi connectivity index (χ0v) is 18.3. The summed E-state index contributed by atoms with van der Waals surface area (Å²) in [5.74, 6) is -2.01. The number of nitrogens with one attached hydrogen (secondary N) is 1. The number of fused-ring (bicyclic) bond motifs is 1. The molecule has 33 heavy (non-hydrogen) atoms. The van der Waals surface area contributed by atoms with Gasteiger partial charge in [0.2, 0.25) is 6.41 Å². The van der Waals surface area contributed by atoms with E-state index in [9.17, 15) is 18.4 Å². The molecule has 1 aromatic heterocycles. The van der Waals surface area contributed by atoms with E-state index in [2.05, 4.69) is 5.32 Å². The van der Waals surface area contributed by atoms with E-state index >= 15 is 0 Å². The van der Waals surface area contributed by atoms with Gasteiger partial charge in [0.05, 0.1) is 28.9 Å². The van der Waals surface area contributed by atoms with Crippen LogP contribution in [0.15, 0.2) is 60.7 Å². The van der Waals surface area contributed by atoms with E-state index in [1.165, 1.54) is 11.7 Å². The summed E-state index contributed by atoms with van der Waals surface area (Å²) in [6.07, 6.45) is 0.980. The molecule has 5 nitrogen and oxygen atoms in total. The first-order valence-corrected chi connectivity index (χ1v) is 10.5. The van der Waals surface area contributed by atoms with Crippen LogP contribution in [0.25, 0.3) is 22.2 Å². The van der Waals surface area contributed by atoms with Crippen LogP contribution in [0.1, 0.15) is 15.9 Å². The summed E-state index contributed by atoms with van der Waals surface area (Å²) in [4.78, 5) is 24.5. The summed E-state index contributed by atoms with van der Waals surface area (Å²) in [7, 11) is 1.48. The van der Waals surface area contributed by atoms with Gasteiger partial charge in [-0.3, -0.25) is 14.2 Å². The summed E-state index contributed by atoms with van der Waals surface area (Å²) in [5, 5.41) is 3.57. The van der Waals surface area contributed by atoms with Crippen LogP contribution in [-0.4, -0.2) is 30.5 Å². The van der Waals surface area contributed by atoms with Gasteiger partial charge in [0, 0.05) is 18.0 Å². The minimum Gasteiger partial charge on any atom is -0.495 e. The fourth-order valence-electron chi connectivity index (χ4n) is 3.91. The van der Waals surface area contributed by atoms with Crippen LogP contribution in [0.5, 0.6) is 5.75 Å². The third kappa shape index (κ3) is 4.19. The summed E-state index contributed by atoms with van der Waals surface area (Å²) in [5.41, 5.74) is 2.14. The van der Waals surface area contributed by atoms with Crippen LogP contribution < -0.4 is 10.1 Å². The Kier molecular flexibility index (Phi) is 6.42. The molecule has 0 radical (unpaired) electrons. The Hall–Kier alpha value is -3.71. The molecule has 0 fully saturated rings. The molecule has 1 amide bonds. The van der Waals surface area contributed by atoms with Gasteiger partial charge < -0.3 is 10.1 Å². The molecule has 0 aliphatic heterocycles. The Labute approximate surface area is 193 Å².